The first-order valence-electron chi connectivity index (χ1n) is 5.15. The molecule has 0 aliphatic heterocycles. The highest BCUT2D eigenvalue weighted by Crippen LogP contribution is 2.37. The molecule has 3 N–H and O–H groups in total. The molecule has 0 amide bonds. The zero-order valence-electron chi connectivity index (χ0n) is 9.00. The second kappa shape index (κ2) is 4.25. The summed E-state index contributed by atoms with van der Waals surface area (Å²) in [7, 11) is 0. The van der Waals surface area contributed by atoms with Crippen molar-refractivity contribution in [1.82, 2.24) is 29.7 Å². The van der Waals surface area contributed by atoms with E-state index in [1.54, 1.807) is 4.57 Å². The molecule has 2 aromatic heterocycles. The monoisotopic (exact) mass is 285 g/mol. The number of rotatable bonds is 3. The first-order chi connectivity index (χ1) is 8.63. The third-order valence-corrected chi connectivity index (χ3v) is 3.38. The summed E-state index contributed by atoms with van der Waals surface area (Å²) in [5, 5.41) is 7.18. The number of nitrogens with two attached hydrogens (primary N) is 1. The number of H-pyrrole nitrogens is 1. The van der Waals surface area contributed by atoms with E-state index in [2.05, 4.69) is 25.1 Å². The molecule has 0 spiro atoms. The normalized spacial score (nSPS) is 14.9. The van der Waals surface area contributed by atoms with Crippen LogP contribution in [0, 0.1) is 0 Å². The molecule has 1 aliphatic rings. The molecule has 1 fully saturated rings. The lowest BCUT2D eigenvalue weighted by Gasteiger charge is -2.02. The lowest BCUT2D eigenvalue weighted by atomic mass is 10.7. The van der Waals surface area contributed by atoms with Gasteiger partial charge in [0.2, 0.25) is 16.4 Å². The molecule has 2 aromatic rings. The Bertz CT molecular complexity index is 629. The summed E-state index contributed by atoms with van der Waals surface area (Å²) < 4.78 is 1.60. The molecule has 0 atom stereocenters. The number of nitrogens with one attached hydrogen (secondary N) is 1. The fourth-order valence-corrected chi connectivity index (χ4v) is 2.56. The van der Waals surface area contributed by atoms with Gasteiger partial charge in [-0.25, -0.2) is 9.89 Å². The van der Waals surface area contributed by atoms with Crippen molar-refractivity contribution in [3.05, 3.63) is 15.8 Å². The Morgan fingerprint density at radius 3 is 2.83 bits per heavy atom. The highest BCUT2D eigenvalue weighted by molar-refractivity contribution is 7.99. The Kier molecular flexibility index (Phi) is 2.71. The van der Waals surface area contributed by atoms with Crippen LogP contribution in [-0.4, -0.2) is 29.7 Å². The molecule has 94 valence electrons. The standard InChI is InChI=1S/C8H8ClN7OS/c9-4-11-5(10)13-6(12-4)18-8-15-14-7(17)16(8)3-1-2-3/h3H,1-2H2,(H,14,17)(H2,10,11,12,13). The minimum atomic E-state index is -0.229. The maximum atomic E-state index is 11.6. The maximum Gasteiger partial charge on any atom is 0.344 e. The predicted molar refractivity (Wildman–Crippen MR) is 64.5 cm³/mol. The van der Waals surface area contributed by atoms with Crippen LogP contribution in [0.25, 0.3) is 0 Å². The quantitative estimate of drug-likeness (QED) is 0.842. The SMILES string of the molecule is Nc1nc(Cl)nc(Sc2n[nH]c(=O)n2C2CC2)n1. The molecular weight excluding hydrogens is 278 g/mol. The number of hydrogen-bond acceptors (Lipinski definition) is 7. The van der Waals surface area contributed by atoms with Gasteiger partial charge < -0.3 is 5.73 Å². The number of aromatic nitrogens is 6. The van der Waals surface area contributed by atoms with Crippen molar-refractivity contribution in [1.29, 1.82) is 0 Å². The van der Waals surface area contributed by atoms with Crippen molar-refractivity contribution in [2.24, 2.45) is 0 Å². The van der Waals surface area contributed by atoms with E-state index in [0.29, 0.717) is 10.3 Å². The van der Waals surface area contributed by atoms with Crippen LogP contribution in [0.15, 0.2) is 15.1 Å². The van der Waals surface area contributed by atoms with E-state index < -0.39 is 0 Å². The third kappa shape index (κ3) is 2.18. The lowest BCUT2D eigenvalue weighted by Crippen LogP contribution is -2.16. The van der Waals surface area contributed by atoms with E-state index in [9.17, 15) is 4.79 Å². The zero-order chi connectivity index (χ0) is 12.7. The van der Waals surface area contributed by atoms with Crippen molar-refractivity contribution >= 4 is 29.3 Å². The number of hydrogen-bond donors (Lipinski definition) is 2. The molecule has 8 nitrogen and oxygen atoms in total. The van der Waals surface area contributed by atoms with Gasteiger partial charge in [-0.15, -0.1) is 5.10 Å². The molecule has 1 aliphatic carbocycles. The van der Waals surface area contributed by atoms with Crippen molar-refractivity contribution in [3.63, 3.8) is 0 Å². The Hall–Kier alpha value is -1.61. The predicted octanol–water partition coefficient (Wildman–Crippen LogP) is 0.478. The Morgan fingerprint density at radius 2 is 2.17 bits per heavy atom. The third-order valence-electron chi connectivity index (χ3n) is 2.37. The number of halogens is 1. The summed E-state index contributed by atoms with van der Waals surface area (Å²) >= 11 is 6.81. The summed E-state index contributed by atoms with van der Waals surface area (Å²) in [6.07, 6.45) is 1.96. The van der Waals surface area contributed by atoms with Crippen LogP contribution in [0.2, 0.25) is 5.28 Å². The van der Waals surface area contributed by atoms with Gasteiger partial charge in [0.05, 0.1) is 0 Å². The van der Waals surface area contributed by atoms with Crippen LogP contribution in [0.1, 0.15) is 18.9 Å². The molecule has 2 heterocycles. The van der Waals surface area contributed by atoms with Crippen molar-refractivity contribution in [2.45, 2.75) is 29.2 Å². The number of anilines is 1. The Balaban J connectivity index is 1.94. The van der Waals surface area contributed by atoms with Crippen LogP contribution in [0.3, 0.4) is 0 Å². The average molecular weight is 286 g/mol. The van der Waals surface area contributed by atoms with Crippen LogP contribution < -0.4 is 11.4 Å². The Labute approximate surface area is 110 Å². The van der Waals surface area contributed by atoms with Gasteiger partial charge in [0.15, 0.2) is 5.16 Å². The van der Waals surface area contributed by atoms with Crippen LogP contribution in [0.4, 0.5) is 5.95 Å². The number of nitrogen functional groups attached to an aromatic ring is 1. The fraction of sp³-hybridized carbons (Fsp3) is 0.375. The van der Waals surface area contributed by atoms with E-state index in [0.717, 1.165) is 24.6 Å². The minimum Gasteiger partial charge on any atom is -0.368 e. The average Bonchev–Trinajstić information content (AvgIpc) is 3.04. The van der Waals surface area contributed by atoms with Crippen LogP contribution in [0.5, 0.6) is 0 Å². The molecule has 0 unspecified atom stereocenters. The van der Waals surface area contributed by atoms with E-state index in [1.165, 1.54) is 0 Å². The highest BCUT2D eigenvalue weighted by atomic mass is 35.5. The Morgan fingerprint density at radius 1 is 1.39 bits per heavy atom. The van der Waals surface area contributed by atoms with Gasteiger partial charge in [-0.3, -0.25) is 4.57 Å². The lowest BCUT2D eigenvalue weighted by molar-refractivity contribution is 0.641. The van der Waals surface area contributed by atoms with Gasteiger partial charge in [0.25, 0.3) is 0 Å². The van der Waals surface area contributed by atoms with Gasteiger partial charge in [-0.05, 0) is 36.2 Å². The van der Waals surface area contributed by atoms with E-state index in [1.807, 2.05) is 0 Å². The topological polar surface area (TPSA) is 115 Å². The molecule has 1 saturated carbocycles. The first-order valence-corrected chi connectivity index (χ1v) is 6.35. The van der Waals surface area contributed by atoms with Crippen molar-refractivity contribution < 1.29 is 0 Å². The fourth-order valence-electron chi connectivity index (χ4n) is 1.49. The van der Waals surface area contributed by atoms with Crippen LogP contribution in [-0.2, 0) is 0 Å². The van der Waals surface area contributed by atoms with Crippen molar-refractivity contribution in [3.8, 4) is 0 Å². The second-order valence-electron chi connectivity index (χ2n) is 3.76. The highest BCUT2D eigenvalue weighted by Gasteiger charge is 2.29. The van der Waals surface area contributed by atoms with Gasteiger partial charge in [-0.1, -0.05) is 0 Å². The number of aromatic amines is 1. The van der Waals surface area contributed by atoms with E-state index >= 15 is 0 Å². The molecule has 0 radical (unpaired) electrons. The number of nitrogens with zero attached hydrogens (tertiary/aromatic N) is 5. The van der Waals surface area contributed by atoms with Gasteiger partial charge in [0, 0.05) is 6.04 Å². The molecule has 0 bridgehead atoms. The summed E-state index contributed by atoms with van der Waals surface area (Å²) in [4.78, 5) is 23.1. The molecule has 3 rings (SSSR count). The minimum absolute atomic E-state index is 0.0147. The molecule has 18 heavy (non-hydrogen) atoms. The smallest absolute Gasteiger partial charge is 0.344 e. The van der Waals surface area contributed by atoms with E-state index in [4.69, 9.17) is 17.3 Å². The zero-order valence-corrected chi connectivity index (χ0v) is 10.6. The summed E-state index contributed by atoms with van der Waals surface area (Å²) in [6, 6.07) is 0.216. The maximum absolute atomic E-state index is 11.6. The van der Waals surface area contributed by atoms with Crippen molar-refractivity contribution in [2.75, 3.05) is 5.73 Å². The van der Waals surface area contributed by atoms with Gasteiger partial charge >= 0.3 is 5.69 Å². The first kappa shape index (κ1) is 11.5. The largest absolute Gasteiger partial charge is 0.368 e. The summed E-state index contributed by atoms with van der Waals surface area (Å²) in [5.74, 6) is 0.0355. The van der Waals surface area contributed by atoms with Gasteiger partial charge in [-0.2, -0.15) is 15.0 Å². The summed E-state index contributed by atoms with van der Waals surface area (Å²) in [6.45, 7) is 0. The second-order valence-corrected chi connectivity index (χ2v) is 5.03. The molecule has 0 aromatic carbocycles. The van der Waals surface area contributed by atoms with Gasteiger partial charge in [0.1, 0.15) is 0 Å². The molecular formula is C8H8ClN7OS. The van der Waals surface area contributed by atoms with E-state index in [-0.39, 0.29) is 23.0 Å². The molecule has 0 saturated heterocycles. The summed E-state index contributed by atoms with van der Waals surface area (Å²) in [5.41, 5.74) is 5.24. The van der Waals surface area contributed by atoms with Crippen LogP contribution >= 0.6 is 23.4 Å². The molecule has 10 heteroatoms.